The molecule has 0 bridgehead atoms. The summed E-state index contributed by atoms with van der Waals surface area (Å²) in [6, 6.07) is 5.04. The van der Waals surface area contributed by atoms with E-state index in [1.165, 1.54) is 31.9 Å². The van der Waals surface area contributed by atoms with Crippen LogP contribution in [-0.2, 0) is 14.8 Å². The van der Waals surface area contributed by atoms with Crippen molar-refractivity contribution in [3.63, 3.8) is 0 Å². The molecule has 26 heavy (non-hydrogen) atoms. The van der Waals surface area contributed by atoms with Gasteiger partial charge in [-0.05, 0) is 38.5 Å². The predicted octanol–water partition coefficient (Wildman–Crippen LogP) is 2.15. The van der Waals surface area contributed by atoms with Gasteiger partial charge in [-0.2, -0.15) is 0 Å². The summed E-state index contributed by atoms with van der Waals surface area (Å²) < 4.78 is 27.8. The fraction of sp³-hybridized carbons (Fsp3) is 0.438. The number of anilines is 1. The molecule has 1 N–H and O–H groups in total. The van der Waals surface area contributed by atoms with E-state index in [0.29, 0.717) is 16.4 Å². The van der Waals surface area contributed by atoms with Gasteiger partial charge < -0.3 is 9.88 Å². The number of carbonyl (C=O) groups excluding carboxylic acids is 1. The summed E-state index contributed by atoms with van der Waals surface area (Å²) in [6.45, 7) is 5.73. The second kappa shape index (κ2) is 8.19. The van der Waals surface area contributed by atoms with E-state index in [-0.39, 0.29) is 22.6 Å². The molecule has 2 rings (SSSR count). The zero-order chi connectivity index (χ0) is 19.5. The number of sulfonamides is 1. The number of benzene rings is 1. The Balaban J connectivity index is 2.09. The minimum atomic E-state index is -3.57. The van der Waals surface area contributed by atoms with Crippen LogP contribution in [0.2, 0.25) is 0 Å². The van der Waals surface area contributed by atoms with E-state index < -0.39 is 10.0 Å². The van der Waals surface area contributed by atoms with Crippen molar-refractivity contribution in [2.45, 2.75) is 36.9 Å². The maximum Gasteiger partial charge on any atom is 0.242 e. The Hall–Kier alpha value is -1.91. The van der Waals surface area contributed by atoms with Crippen molar-refractivity contribution in [3.05, 3.63) is 30.1 Å². The highest BCUT2D eigenvalue weighted by Gasteiger charge is 2.20. The second-order valence-corrected chi connectivity index (χ2v) is 9.28. The molecule has 0 saturated heterocycles. The van der Waals surface area contributed by atoms with Gasteiger partial charge in [-0.1, -0.05) is 17.8 Å². The standard InChI is InChI=1S/C16H23N5O3S2/c1-11(2)21-10-17-19-16(21)25-9-15(22)18-13-7-6-12(3)14(8-13)26(23,24)20(4)5/h6-8,10-11H,9H2,1-5H3,(H,18,22). The van der Waals surface area contributed by atoms with Crippen molar-refractivity contribution in [2.24, 2.45) is 0 Å². The number of carbonyl (C=O) groups is 1. The van der Waals surface area contributed by atoms with E-state index in [2.05, 4.69) is 15.5 Å². The van der Waals surface area contributed by atoms with Crippen molar-refractivity contribution in [2.75, 3.05) is 25.2 Å². The summed E-state index contributed by atoms with van der Waals surface area (Å²) in [7, 11) is -0.626. The molecule has 0 unspecified atom stereocenters. The predicted molar refractivity (Wildman–Crippen MR) is 102 cm³/mol. The molecule has 0 aliphatic heterocycles. The molecule has 0 fully saturated rings. The largest absolute Gasteiger partial charge is 0.325 e. The fourth-order valence-electron chi connectivity index (χ4n) is 2.17. The van der Waals surface area contributed by atoms with E-state index in [0.717, 1.165) is 4.31 Å². The van der Waals surface area contributed by atoms with Crippen molar-refractivity contribution in [3.8, 4) is 0 Å². The molecule has 1 heterocycles. The molecule has 2 aromatic rings. The van der Waals surface area contributed by atoms with Crippen LogP contribution in [0.1, 0.15) is 25.5 Å². The van der Waals surface area contributed by atoms with E-state index in [1.54, 1.807) is 25.4 Å². The molecule has 0 aliphatic rings. The average molecular weight is 398 g/mol. The Kier molecular flexibility index (Phi) is 6.43. The summed E-state index contributed by atoms with van der Waals surface area (Å²) in [5, 5.41) is 11.3. The van der Waals surface area contributed by atoms with Gasteiger partial charge in [0.25, 0.3) is 0 Å². The van der Waals surface area contributed by atoms with E-state index >= 15 is 0 Å². The molecule has 1 aromatic heterocycles. The molecule has 0 spiro atoms. The Bertz CT molecular complexity index is 891. The lowest BCUT2D eigenvalue weighted by molar-refractivity contribution is -0.113. The highest BCUT2D eigenvalue weighted by molar-refractivity contribution is 7.99. The third kappa shape index (κ3) is 4.63. The maximum absolute atomic E-state index is 12.4. The summed E-state index contributed by atoms with van der Waals surface area (Å²) >= 11 is 1.28. The van der Waals surface area contributed by atoms with Crippen LogP contribution in [0.3, 0.4) is 0 Å². The fourth-order valence-corrected chi connectivity index (χ4v) is 4.16. The van der Waals surface area contributed by atoms with Gasteiger partial charge in [0.05, 0.1) is 10.6 Å². The van der Waals surface area contributed by atoms with Gasteiger partial charge in [-0.15, -0.1) is 10.2 Å². The first-order chi connectivity index (χ1) is 12.1. The number of aromatic nitrogens is 3. The zero-order valence-electron chi connectivity index (χ0n) is 15.4. The van der Waals surface area contributed by atoms with Crippen LogP contribution in [0.25, 0.3) is 0 Å². The first-order valence-electron chi connectivity index (χ1n) is 7.98. The summed E-state index contributed by atoms with van der Waals surface area (Å²) in [6.07, 6.45) is 1.63. The lowest BCUT2D eigenvalue weighted by atomic mass is 10.2. The Morgan fingerprint density at radius 3 is 2.65 bits per heavy atom. The molecule has 0 saturated carbocycles. The lowest BCUT2D eigenvalue weighted by Gasteiger charge is -2.15. The quantitative estimate of drug-likeness (QED) is 0.719. The highest BCUT2D eigenvalue weighted by atomic mass is 32.2. The normalized spacial score (nSPS) is 12.0. The summed E-state index contributed by atoms with van der Waals surface area (Å²) in [5.41, 5.74) is 1.06. The number of nitrogens with zero attached hydrogens (tertiary/aromatic N) is 4. The Morgan fingerprint density at radius 1 is 1.35 bits per heavy atom. The van der Waals surface area contributed by atoms with Crippen molar-refractivity contribution in [1.29, 1.82) is 0 Å². The van der Waals surface area contributed by atoms with Gasteiger partial charge >= 0.3 is 0 Å². The molecule has 1 aromatic carbocycles. The van der Waals surface area contributed by atoms with Crippen molar-refractivity contribution >= 4 is 33.4 Å². The third-order valence-corrected chi connectivity index (χ3v) is 6.57. The second-order valence-electron chi connectivity index (χ2n) is 6.22. The van der Waals surface area contributed by atoms with E-state index in [9.17, 15) is 13.2 Å². The number of amides is 1. The van der Waals surface area contributed by atoms with Crippen LogP contribution in [0, 0.1) is 6.92 Å². The molecule has 0 aliphatic carbocycles. The van der Waals surface area contributed by atoms with Crippen molar-refractivity contribution in [1.82, 2.24) is 19.1 Å². The molecule has 142 valence electrons. The van der Waals surface area contributed by atoms with Crippen LogP contribution in [0.15, 0.2) is 34.6 Å². The summed E-state index contributed by atoms with van der Waals surface area (Å²) in [4.78, 5) is 12.4. The monoisotopic (exact) mass is 397 g/mol. The van der Waals surface area contributed by atoms with E-state index in [1.807, 2.05) is 18.4 Å². The van der Waals surface area contributed by atoms with Gasteiger partial charge in [0, 0.05) is 25.8 Å². The SMILES string of the molecule is Cc1ccc(NC(=O)CSc2nncn2C(C)C)cc1S(=O)(=O)N(C)C. The van der Waals surface area contributed by atoms with Gasteiger partial charge in [0.2, 0.25) is 15.9 Å². The number of hydrogen-bond donors (Lipinski definition) is 1. The number of nitrogens with one attached hydrogen (secondary N) is 1. The molecule has 8 nitrogen and oxygen atoms in total. The number of thioether (sulfide) groups is 1. The topological polar surface area (TPSA) is 97.2 Å². The van der Waals surface area contributed by atoms with Gasteiger partial charge in [-0.3, -0.25) is 4.79 Å². The van der Waals surface area contributed by atoms with Crippen LogP contribution < -0.4 is 5.32 Å². The van der Waals surface area contributed by atoms with Crippen LogP contribution in [0.4, 0.5) is 5.69 Å². The third-order valence-electron chi connectivity index (χ3n) is 3.66. The number of aryl methyl sites for hydroxylation is 1. The molecule has 0 atom stereocenters. The average Bonchev–Trinajstić information content (AvgIpc) is 3.03. The first kappa shape index (κ1) is 20.4. The van der Waals surface area contributed by atoms with Crippen LogP contribution >= 0.6 is 11.8 Å². The Labute approximate surface area is 158 Å². The number of hydrogen-bond acceptors (Lipinski definition) is 6. The summed E-state index contributed by atoms with van der Waals surface area (Å²) in [5.74, 6) is -0.0972. The van der Waals surface area contributed by atoms with Gasteiger partial charge in [-0.25, -0.2) is 12.7 Å². The molecule has 10 heteroatoms. The van der Waals surface area contributed by atoms with E-state index in [4.69, 9.17) is 0 Å². The zero-order valence-corrected chi connectivity index (χ0v) is 17.1. The minimum absolute atomic E-state index is 0.148. The number of rotatable bonds is 7. The maximum atomic E-state index is 12.4. The van der Waals surface area contributed by atoms with Gasteiger partial charge in [0.1, 0.15) is 6.33 Å². The highest BCUT2D eigenvalue weighted by Crippen LogP contribution is 2.23. The smallest absolute Gasteiger partial charge is 0.242 e. The van der Waals surface area contributed by atoms with Crippen LogP contribution in [-0.4, -0.2) is 53.2 Å². The first-order valence-corrected chi connectivity index (χ1v) is 10.4. The molecular formula is C16H23N5O3S2. The molecule has 1 amide bonds. The molecule has 0 radical (unpaired) electrons. The van der Waals surface area contributed by atoms with Gasteiger partial charge in [0.15, 0.2) is 5.16 Å². The van der Waals surface area contributed by atoms with Crippen molar-refractivity contribution < 1.29 is 13.2 Å². The van der Waals surface area contributed by atoms with Crippen LogP contribution in [0.5, 0.6) is 0 Å². The lowest BCUT2D eigenvalue weighted by Crippen LogP contribution is -2.23. The Morgan fingerprint density at radius 2 is 2.04 bits per heavy atom. The molecular weight excluding hydrogens is 374 g/mol. The minimum Gasteiger partial charge on any atom is -0.325 e.